The number of nitrogens with zero attached hydrogens (tertiary/aromatic N) is 1. The summed E-state index contributed by atoms with van der Waals surface area (Å²) in [6.45, 7) is 1.29. The maximum absolute atomic E-state index is 11.7. The fourth-order valence-corrected chi connectivity index (χ4v) is 4.69. The van der Waals surface area contributed by atoms with Gasteiger partial charge < -0.3 is 10.4 Å². The van der Waals surface area contributed by atoms with Crippen molar-refractivity contribution >= 4 is 15.8 Å². The van der Waals surface area contributed by atoms with Crippen LogP contribution in [0, 0.1) is 0 Å². The van der Waals surface area contributed by atoms with Gasteiger partial charge in [-0.15, -0.1) is 0 Å². The number of rotatable bonds is 3. The Morgan fingerprint density at radius 3 is 2.70 bits per heavy atom. The third-order valence-electron chi connectivity index (χ3n) is 4.72. The van der Waals surface area contributed by atoms with Crippen molar-refractivity contribution in [3.63, 3.8) is 0 Å². The molecule has 0 spiro atoms. The summed E-state index contributed by atoms with van der Waals surface area (Å²) < 4.78 is 23.3. The van der Waals surface area contributed by atoms with Crippen LogP contribution in [-0.2, 0) is 14.6 Å². The van der Waals surface area contributed by atoms with Gasteiger partial charge in [0.25, 0.3) is 0 Å². The fraction of sp³-hybridized carbons (Fsp3) is 0.923. The fourth-order valence-electron chi connectivity index (χ4n) is 3.41. The molecule has 116 valence electrons. The topological polar surface area (TPSA) is 86.7 Å². The summed E-state index contributed by atoms with van der Waals surface area (Å²) in [7, 11) is -1.22. The maximum Gasteiger partial charge on any atom is 0.323 e. The summed E-state index contributed by atoms with van der Waals surface area (Å²) in [6, 6.07) is 0.167. The minimum Gasteiger partial charge on any atom is -0.480 e. The molecule has 0 aromatic heterocycles. The van der Waals surface area contributed by atoms with Crippen molar-refractivity contribution < 1.29 is 18.3 Å². The molecule has 20 heavy (non-hydrogen) atoms. The van der Waals surface area contributed by atoms with Crippen molar-refractivity contribution in [1.82, 2.24) is 10.2 Å². The summed E-state index contributed by atoms with van der Waals surface area (Å²) in [5.74, 6) is -0.345. The molecular formula is C13H24N2O4S. The van der Waals surface area contributed by atoms with Crippen LogP contribution in [0.15, 0.2) is 0 Å². The first-order chi connectivity index (χ1) is 9.38. The minimum absolute atomic E-state index is 0.167. The predicted molar refractivity (Wildman–Crippen MR) is 76.5 cm³/mol. The summed E-state index contributed by atoms with van der Waals surface area (Å²) >= 11 is 0. The molecule has 2 N–H and O–H groups in total. The maximum atomic E-state index is 11.7. The first-order valence-corrected chi connectivity index (χ1v) is 9.07. The van der Waals surface area contributed by atoms with Crippen molar-refractivity contribution in [2.75, 3.05) is 31.6 Å². The molecule has 0 bridgehead atoms. The van der Waals surface area contributed by atoms with Gasteiger partial charge in [-0.1, -0.05) is 0 Å². The predicted octanol–water partition coefficient (Wildman–Crippen LogP) is 0.0923. The lowest BCUT2D eigenvalue weighted by Crippen LogP contribution is -2.57. The summed E-state index contributed by atoms with van der Waals surface area (Å²) in [5, 5.41) is 12.4. The van der Waals surface area contributed by atoms with Crippen molar-refractivity contribution in [1.29, 1.82) is 0 Å². The quantitative estimate of drug-likeness (QED) is 0.768. The molecule has 2 unspecified atom stereocenters. The Balaban J connectivity index is 2.07. The highest BCUT2D eigenvalue weighted by Crippen LogP contribution is 2.32. The Labute approximate surface area is 120 Å². The second-order valence-electron chi connectivity index (χ2n) is 5.93. The van der Waals surface area contributed by atoms with Crippen molar-refractivity contribution in [2.24, 2.45) is 0 Å². The lowest BCUT2D eigenvalue weighted by atomic mass is 9.78. The zero-order valence-corrected chi connectivity index (χ0v) is 12.8. The lowest BCUT2D eigenvalue weighted by molar-refractivity contribution is -0.147. The molecule has 0 aromatic rings. The molecule has 0 radical (unpaired) electrons. The second-order valence-corrected chi connectivity index (χ2v) is 8.23. The van der Waals surface area contributed by atoms with Gasteiger partial charge in [-0.2, -0.15) is 0 Å². The molecule has 1 heterocycles. The molecule has 2 rings (SSSR count). The van der Waals surface area contributed by atoms with E-state index in [2.05, 4.69) is 10.2 Å². The van der Waals surface area contributed by atoms with Gasteiger partial charge in [0.05, 0.1) is 11.5 Å². The molecule has 2 aliphatic rings. The first-order valence-electron chi connectivity index (χ1n) is 7.25. The Hall–Kier alpha value is -0.660. The van der Waals surface area contributed by atoms with E-state index in [0.717, 1.165) is 19.4 Å². The Bertz CT molecular complexity index is 465. The van der Waals surface area contributed by atoms with Crippen molar-refractivity contribution in [3.8, 4) is 0 Å². The average molecular weight is 304 g/mol. The molecule has 0 amide bonds. The van der Waals surface area contributed by atoms with Crippen LogP contribution in [0.5, 0.6) is 0 Å². The lowest BCUT2D eigenvalue weighted by Gasteiger charge is -2.42. The van der Waals surface area contributed by atoms with Crippen molar-refractivity contribution in [3.05, 3.63) is 0 Å². The number of hydrogen-bond acceptors (Lipinski definition) is 5. The molecular weight excluding hydrogens is 280 g/mol. The number of carbonyl (C=O) groups is 1. The molecule has 1 aliphatic carbocycles. The van der Waals surface area contributed by atoms with Gasteiger partial charge in [-0.3, -0.25) is 9.69 Å². The summed E-state index contributed by atoms with van der Waals surface area (Å²) in [5.41, 5.74) is -0.853. The van der Waals surface area contributed by atoms with Crippen LogP contribution in [0.25, 0.3) is 0 Å². The van der Waals surface area contributed by atoms with E-state index in [1.165, 1.54) is 0 Å². The van der Waals surface area contributed by atoms with Gasteiger partial charge in [-0.25, -0.2) is 8.42 Å². The molecule has 2 atom stereocenters. The SMILES string of the molecule is CNC1(C(=O)O)CCCC(N2CCCS(=O)(=O)CC2)C1. The van der Waals surface area contributed by atoms with Crippen LogP contribution in [0.2, 0.25) is 0 Å². The number of likely N-dealkylation sites (N-methyl/N-ethyl adjacent to an activating group) is 1. The molecule has 0 aromatic carbocycles. The number of sulfone groups is 1. The van der Waals surface area contributed by atoms with Gasteiger partial charge in [0.1, 0.15) is 5.54 Å². The van der Waals surface area contributed by atoms with Gasteiger partial charge in [-0.05, 0) is 45.7 Å². The van der Waals surface area contributed by atoms with E-state index < -0.39 is 21.3 Å². The number of aliphatic carboxylic acids is 1. The van der Waals surface area contributed by atoms with E-state index in [4.69, 9.17) is 0 Å². The van der Waals surface area contributed by atoms with Gasteiger partial charge in [0.2, 0.25) is 0 Å². The number of carboxylic acid groups (broad SMARTS) is 1. The van der Waals surface area contributed by atoms with Crippen LogP contribution in [0.1, 0.15) is 32.1 Å². The van der Waals surface area contributed by atoms with Crippen LogP contribution < -0.4 is 5.32 Å². The highest BCUT2D eigenvalue weighted by Gasteiger charge is 2.43. The van der Waals surface area contributed by atoms with E-state index in [9.17, 15) is 18.3 Å². The smallest absolute Gasteiger partial charge is 0.323 e. The minimum atomic E-state index is -2.92. The second kappa shape index (κ2) is 5.99. The van der Waals surface area contributed by atoms with Crippen LogP contribution >= 0.6 is 0 Å². The number of nitrogens with one attached hydrogen (secondary N) is 1. The van der Waals surface area contributed by atoms with Crippen molar-refractivity contribution in [2.45, 2.75) is 43.7 Å². The zero-order valence-electron chi connectivity index (χ0n) is 12.0. The summed E-state index contributed by atoms with van der Waals surface area (Å²) in [6.07, 6.45) is 3.66. The molecule has 2 fully saturated rings. The van der Waals surface area contributed by atoms with E-state index in [0.29, 0.717) is 25.8 Å². The molecule has 1 aliphatic heterocycles. The standard InChI is InChI=1S/C13H24N2O4S/c1-14-13(12(16)17)5-2-4-11(10-13)15-6-3-8-20(18,19)9-7-15/h11,14H,2-10H2,1H3,(H,16,17). The summed E-state index contributed by atoms with van der Waals surface area (Å²) in [4.78, 5) is 13.7. The molecule has 6 nitrogen and oxygen atoms in total. The largest absolute Gasteiger partial charge is 0.480 e. The third kappa shape index (κ3) is 3.32. The number of hydrogen-bond donors (Lipinski definition) is 2. The van der Waals surface area contributed by atoms with Gasteiger partial charge in [0, 0.05) is 12.6 Å². The van der Waals surface area contributed by atoms with E-state index in [-0.39, 0.29) is 17.5 Å². The third-order valence-corrected chi connectivity index (χ3v) is 6.43. The van der Waals surface area contributed by atoms with Crippen LogP contribution in [0.3, 0.4) is 0 Å². The van der Waals surface area contributed by atoms with Gasteiger partial charge in [0.15, 0.2) is 9.84 Å². The highest BCUT2D eigenvalue weighted by atomic mass is 32.2. The number of carboxylic acids is 1. The van der Waals surface area contributed by atoms with E-state index in [1.807, 2.05) is 0 Å². The Kier molecular flexibility index (Phi) is 4.71. The van der Waals surface area contributed by atoms with Gasteiger partial charge >= 0.3 is 5.97 Å². The Morgan fingerprint density at radius 1 is 1.30 bits per heavy atom. The monoisotopic (exact) mass is 304 g/mol. The van der Waals surface area contributed by atoms with E-state index >= 15 is 0 Å². The van der Waals surface area contributed by atoms with E-state index in [1.54, 1.807) is 7.05 Å². The normalized spacial score (nSPS) is 35.4. The average Bonchev–Trinajstić information content (AvgIpc) is 2.59. The van der Waals surface area contributed by atoms with Crippen LogP contribution in [0.4, 0.5) is 0 Å². The Morgan fingerprint density at radius 2 is 2.05 bits per heavy atom. The first kappa shape index (κ1) is 15.7. The molecule has 1 saturated carbocycles. The molecule has 7 heteroatoms. The van der Waals surface area contributed by atoms with Crippen LogP contribution in [-0.4, -0.2) is 67.6 Å². The highest BCUT2D eigenvalue weighted by molar-refractivity contribution is 7.91. The molecule has 1 saturated heterocycles. The zero-order chi connectivity index (χ0) is 14.8.